The Balaban J connectivity index is 2.66. The van der Waals surface area contributed by atoms with Gasteiger partial charge in [0.1, 0.15) is 0 Å². The van der Waals surface area contributed by atoms with E-state index in [4.69, 9.17) is 11.5 Å². The largest absolute Gasteiger partial charge is 0.368 e. The molecule has 4 heteroatoms. The van der Waals surface area contributed by atoms with Crippen molar-refractivity contribution in [2.45, 2.75) is 6.42 Å². The van der Waals surface area contributed by atoms with Crippen LogP contribution in [-0.4, -0.2) is 16.5 Å². The maximum absolute atomic E-state index is 5.29. The first kappa shape index (κ1) is 8.50. The Morgan fingerprint density at radius 1 is 1.33 bits per heavy atom. The average Bonchev–Trinajstić information content (AvgIpc) is 2.09. The van der Waals surface area contributed by atoms with Gasteiger partial charge in [0.05, 0.1) is 5.56 Å². The van der Waals surface area contributed by atoms with Crippen LogP contribution in [0.25, 0.3) is 0 Å². The minimum Gasteiger partial charge on any atom is -0.368 e. The summed E-state index contributed by atoms with van der Waals surface area (Å²) < 4.78 is 0. The molecular formula is C8H10N4. The fraction of sp³-hybridized carbons (Fsp3) is 0.250. The Morgan fingerprint density at radius 3 is 2.58 bits per heavy atom. The van der Waals surface area contributed by atoms with E-state index in [0.29, 0.717) is 13.0 Å². The number of nitrogen functional groups attached to an aromatic ring is 1. The first-order valence-electron chi connectivity index (χ1n) is 3.59. The summed E-state index contributed by atoms with van der Waals surface area (Å²) in [4.78, 5) is 7.58. The van der Waals surface area contributed by atoms with E-state index in [-0.39, 0.29) is 5.95 Å². The molecule has 4 N–H and O–H groups in total. The zero-order valence-electron chi connectivity index (χ0n) is 6.62. The first-order chi connectivity index (χ1) is 5.83. The average molecular weight is 162 g/mol. The quantitative estimate of drug-likeness (QED) is 0.558. The van der Waals surface area contributed by atoms with Crippen molar-refractivity contribution in [2.24, 2.45) is 5.73 Å². The van der Waals surface area contributed by atoms with Crippen LogP contribution in [0.2, 0.25) is 0 Å². The van der Waals surface area contributed by atoms with Crippen molar-refractivity contribution in [3.8, 4) is 11.8 Å². The topological polar surface area (TPSA) is 77.8 Å². The molecule has 0 aliphatic rings. The highest BCUT2D eigenvalue weighted by molar-refractivity contribution is 5.31. The number of anilines is 1. The van der Waals surface area contributed by atoms with E-state index in [9.17, 15) is 0 Å². The molecule has 4 nitrogen and oxygen atoms in total. The predicted molar refractivity (Wildman–Crippen MR) is 47.0 cm³/mol. The van der Waals surface area contributed by atoms with Crippen LogP contribution in [0.3, 0.4) is 0 Å². The van der Waals surface area contributed by atoms with Gasteiger partial charge in [-0.3, -0.25) is 0 Å². The number of rotatable bonds is 1. The second kappa shape index (κ2) is 4.31. The smallest absolute Gasteiger partial charge is 0.219 e. The SMILES string of the molecule is NCCC#Cc1cnc(N)nc1. The third-order valence-electron chi connectivity index (χ3n) is 1.17. The van der Waals surface area contributed by atoms with Gasteiger partial charge in [-0.15, -0.1) is 0 Å². The van der Waals surface area contributed by atoms with Crippen LogP contribution in [0.5, 0.6) is 0 Å². The van der Waals surface area contributed by atoms with E-state index >= 15 is 0 Å². The lowest BCUT2D eigenvalue weighted by molar-refractivity contribution is 1.03. The molecule has 0 radical (unpaired) electrons. The van der Waals surface area contributed by atoms with E-state index in [1.54, 1.807) is 12.4 Å². The minimum atomic E-state index is 0.263. The summed E-state index contributed by atoms with van der Waals surface area (Å²) in [5, 5.41) is 0. The van der Waals surface area contributed by atoms with Crippen LogP contribution in [-0.2, 0) is 0 Å². The Morgan fingerprint density at radius 2 is 2.00 bits per heavy atom. The molecule has 1 aromatic heterocycles. The van der Waals surface area contributed by atoms with E-state index in [1.807, 2.05) is 0 Å². The molecule has 62 valence electrons. The molecule has 0 saturated heterocycles. The molecule has 0 amide bonds. The molecule has 0 aliphatic heterocycles. The molecule has 1 aromatic rings. The molecule has 0 spiro atoms. The Bertz CT molecular complexity index is 293. The van der Waals surface area contributed by atoms with Crippen LogP contribution in [0.4, 0.5) is 5.95 Å². The number of hydrogen-bond acceptors (Lipinski definition) is 4. The summed E-state index contributed by atoms with van der Waals surface area (Å²) in [5.41, 5.74) is 11.3. The second-order valence-corrected chi connectivity index (χ2v) is 2.17. The standard InChI is InChI=1S/C8H10N4/c9-4-2-1-3-7-5-11-8(10)12-6-7/h5-6H,2,4,9H2,(H2,10,11,12). The van der Waals surface area contributed by atoms with Crippen LogP contribution < -0.4 is 11.5 Å². The third kappa shape index (κ3) is 2.56. The van der Waals surface area contributed by atoms with Crippen molar-refractivity contribution in [3.63, 3.8) is 0 Å². The van der Waals surface area contributed by atoms with Crippen molar-refractivity contribution >= 4 is 5.95 Å². The van der Waals surface area contributed by atoms with Gasteiger partial charge in [-0.25, -0.2) is 9.97 Å². The number of aromatic nitrogens is 2. The lowest BCUT2D eigenvalue weighted by Crippen LogP contribution is -1.96. The molecule has 0 unspecified atom stereocenters. The van der Waals surface area contributed by atoms with Crippen LogP contribution >= 0.6 is 0 Å². The summed E-state index contributed by atoms with van der Waals surface area (Å²) in [7, 11) is 0. The van der Waals surface area contributed by atoms with Gasteiger partial charge in [-0.1, -0.05) is 11.8 Å². The van der Waals surface area contributed by atoms with Gasteiger partial charge in [0, 0.05) is 25.4 Å². The van der Waals surface area contributed by atoms with Crippen molar-refractivity contribution in [1.82, 2.24) is 9.97 Å². The molecule has 0 fully saturated rings. The van der Waals surface area contributed by atoms with Crippen LogP contribution in [0.1, 0.15) is 12.0 Å². The molecule has 0 aliphatic carbocycles. The molecule has 0 bridgehead atoms. The third-order valence-corrected chi connectivity index (χ3v) is 1.17. The van der Waals surface area contributed by atoms with Gasteiger partial charge in [0.25, 0.3) is 0 Å². The first-order valence-corrected chi connectivity index (χ1v) is 3.59. The van der Waals surface area contributed by atoms with Gasteiger partial charge in [0.15, 0.2) is 0 Å². The van der Waals surface area contributed by atoms with E-state index in [0.717, 1.165) is 5.56 Å². The number of hydrogen-bond donors (Lipinski definition) is 2. The monoisotopic (exact) mass is 162 g/mol. The zero-order chi connectivity index (χ0) is 8.81. The van der Waals surface area contributed by atoms with Crippen LogP contribution in [0, 0.1) is 11.8 Å². The van der Waals surface area contributed by atoms with Crippen molar-refractivity contribution in [3.05, 3.63) is 18.0 Å². The minimum absolute atomic E-state index is 0.263. The van der Waals surface area contributed by atoms with E-state index < -0.39 is 0 Å². The molecule has 0 saturated carbocycles. The van der Waals surface area contributed by atoms with Crippen molar-refractivity contribution in [1.29, 1.82) is 0 Å². The molecule has 12 heavy (non-hydrogen) atoms. The highest BCUT2D eigenvalue weighted by Crippen LogP contribution is 1.93. The highest BCUT2D eigenvalue weighted by atomic mass is 15.0. The molecule has 1 heterocycles. The molecule has 0 aromatic carbocycles. The summed E-state index contributed by atoms with van der Waals surface area (Å²) in [5.74, 6) is 6.00. The molecular weight excluding hydrogens is 152 g/mol. The van der Waals surface area contributed by atoms with Gasteiger partial charge in [-0.2, -0.15) is 0 Å². The van der Waals surface area contributed by atoms with Gasteiger partial charge < -0.3 is 11.5 Å². The Hall–Kier alpha value is -1.60. The Kier molecular flexibility index (Phi) is 3.05. The van der Waals surface area contributed by atoms with Gasteiger partial charge >= 0.3 is 0 Å². The van der Waals surface area contributed by atoms with E-state index in [1.165, 1.54) is 0 Å². The summed E-state index contributed by atoms with van der Waals surface area (Å²) in [6.45, 7) is 0.572. The Labute approximate surface area is 71.0 Å². The lowest BCUT2D eigenvalue weighted by Gasteiger charge is -1.89. The molecule has 1 rings (SSSR count). The van der Waals surface area contributed by atoms with E-state index in [2.05, 4.69) is 21.8 Å². The summed E-state index contributed by atoms with van der Waals surface area (Å²) >= 11 is 0. The highest BCUT2D eigenvalue weighted by Gasteiger charge is 1.87. The predicted octanol–water partition coefficient (Wildman–Crippen LogP) is -0.241. The number of nitrogens with zero attached hydrogens (tertiary/aromatic N) is 2. The van der Waals surface area contributed by atoms with Gasteiger partial charge in [-0.05, 0) is 0 Å². The maximum Gasteiger partial charge on any atom is 0.219 e. The van der Waals surface area contributed by atoms with Crippen molar-refractivity contribution < 1.29 is 0 Å². The zero-order valence-corrected chi connectivity index (χ0v) is 6.62. The summed E-state index contributed by atoms with van der Waals surface area (Å²) in [6, 6.07) is 0. The van der Waals surface area contributed by atoms with Gasteiger partial charge in [0.2, 0.25) is 5.95 Å². The van der Waals surface area contributed by atoms with Crippen molar-refractivity contribution in [2.75, 3.05) is 12.3 Å². The normalized spacial score (nSPS) is 8.75. The maximum atomic E-state index is 5.29. The second-order valence-electron chi connectivity index (χ2n) is 2.17. The lowest BCUT2D eigenvalue weighted by atomic mass is 10.3. The summed E-state index contributed by atoms with van der Waals surface area (Å²) in [6.07, 6.45) is 3.86. The van der Waals surface area contributed by atoms with Crippen LogP contribution in [0.15, 0.2) is 12.4 Å². The molecule has 0 atom stereocenters. The fourth-order valence-electron chi connectivity index (χ4n) is 0.639. The fourth-order valence-corrected chi connectivity index (χ4v) is 0.639. The number of nitrogens with two attached hydrogens (primary N) is 2.